The number of hydrogen-bond acceptors (Lipinski definition) is 6. The summed E-state index contributed by atoms with van der Waals surface area (Å²) in [4.78, 5) is 23.0. The Morgan fingerprint density at radius 3 is 2.78 bits per heavy atom. The Morgan fingerprint density at radius 2 is 2.16 bits per heavy atom. The Bertz CT molecular complexity index is 900. The van der Waals surface area contributed by atoms with Gasteiger partial charge in [0, 0.05) is 25.3 Å². The van der Waals surface area contributed by atoms with Gasteiger partial charge in [0.05, 0.1) is 24.5 Å². The maximum Gasteiger partial charge on any atom is 0.407 e. The van der Waals surface area contributed by atoms with Crippen LogP contribution in [0.1, 0.15) is 58.2 Å². The minimum absolute atomic E-state index is 0.0327. The van der Waals surface area contributed by atoms with Gasteiger partial charge in [0.25, 0.3) is 0 Å². The van der Waals surface area contributed by atoms with E-state index in [4.69, 9.17) is 19.9 Å². The number of rotatable bonds is 7. The molecule has 1 amide bonds. The highest BCUT2D eigenvalue weighted by atomic mass is 16.6. The van der Waals surface area contributed by atoms with Gasteiger partial charge in [-0.25, -0.2) is 9.79 Å². The van der Waals surface area contributed by atoms with Crippen molar-refractivity contribution in [3.05, 3.63) is 17.5 Å². The minimum Gasteiger partial charge on any atom is -0.444 e. The predicted octanol–water partition coefficient (Wildman–Crippen LogP) is 2.74. The summed E-state index contributed by atoms with van der Waals surface area (Å²) in [6.07, 6.45) is 4.94. The van der Waals surface area contributed by atoms with Gasteiger partial charge in [-0.15, -0.1) is 0 Å². The number of amidine groups is 2. The molecule has 2 heterocycles. The first-order valence-corrected chi connectivity index (χ1v) is 11.1. The standard InChI is InChI=1S/C22H35N7O3/c1-7-29-14(2)17(11-25-29)19-27-18(20(24-13-23)28(19)6)12-31-16-9-8-15(10-16)26-21(30)32-22(3,4)5/h11,13,15-16,18,23H,7-10,12H2,1-6H3,(H,26,30)/b23-13?,24-20+. The number of likely N-dealkylation sites (N-methyl/N-ethyl adjacent to an activating group) is 1. The van der Waals surface area contributed by atoms with Crippen molar-refractivity contribution in [2.45, 2.75) is 84.2 Å². The van der Waals surface area contributed by atoms with Crippen LogP contribution in [-0.2, 0) is 16.0 Å². The summed E-state index contributed by atoms with van der Waals surface area (Å²) in [5.74, 6) is 1.47. The lowest BCUT2D eigenvalue weighted by molar-refractivity contribution is 0.0462. The van der Waals surface area contributed by atoms with Crippen molar-refractivity contribution >= 4 is 24.1 Å². The molecule has 1 fully saturated rings. The van der Waals surface area contributed by atoms with Gasteiger partial charge in [-0.3, -0.25) is 15.1 Å². The molecule has 3 atom stereocenters. The number of carbonyl (C=O) groups excluding carboxylic acids is 1. The monoisotopic (exact) mass is 445 g/mol. The second-order valence-electron chi connectivity index (χ2n) is 9.21. The molecule has 1 aliphatic heterocycles. The van der Waals surface area contributed by atoms with Crippen LogP contribution in [0.2, 0.25) is 0 Å². The summed E-state index contributed by atoms with van der Waals surface area (Å²) in [6.45, 7) is 10.8. The molecule has 1 aromatic rings. The van der Waals surface area contributed by atoms with Crippen molar-refractivity contribution in [2.75, 3.05) is 13.7 Å². The number of alkyl carbamates (subject to hydrolysis) is 1. The van der Waals surface area contributed by atoms with E-state index in [0.29, 0.717) is 12.4 Å². The molecule has 0 spiro atoms. The smallest absolute Gasteiger partial charge is 0.407 e. The molecule has 1 aromatic heterocycles. The van der Waals surface area contributed by atoms with Crippen molar-refractivity contribution in [3.8, 4) is 0 Å². The van der Waals surface area contributed by atoms with Crippen LogP contribution in [-0.4, -0.2) is 76.2 Å². The molecule has 32 heavy (non-hydrogen) atoms. The molecule has 1 saturated carbocycles. The normalized spacial score (nSPS) is 24.7. The molecular formula is C22H35N7O3. The highest BCUT2D eigenvalue weighted by Crippen LogP contribution is 2.25. The molecule has 176 valence electrons. The molecule has 10 heteroatoms. The summed E-state index contributed by atoms with van der Waals surface area (Å²) in [7, 11) is 1.90. The summed E-state index contributed by atoms with van der Waals surface area (Å²) < 4.78 is 13.4. The molecule has 2 aliphatic rings. The van der Waals surface area contributed by atoms with Crippen LogP contribution in [0.25, 0.3) is 0 Å². The van der Waals surface area contributed by atoms with Gasteiger partial charge in [-0.2, -0.15) is 5.10 Å². The van der Waals surface area contributed by atoms with Crippen LogP contribution in [0, 0.1) is 12.3 Å². The molecule has 0 saturated heterocycles. The van der Waals surface area contributed by atoms with Crippen molar-refractivity contribution in [1.29, 1.82) is 5.41 Å². The number of aliphatic imine (C=N–C) groups is 2. The van der Waals surface area contributed by atoms with E-state index in [1.54, 1.807) is 0 Å². The molecule has 10 nitrogen and oxygen atoms in total. The first-order valence-electron chi connectivity index (χ1n) is 11.1. The third-order valence-corrected chi connectivity index (χ3v) is 5.67. The van der Waals surface area contributed by atoms with E-state index in [1.807, 2.05) is 50.5 Å². The lowest BCUT2D eigenvalue weighted by Gasteiger charge is -2.22. The van der Waals surface area contributed by atoms with Crippen LogP contribution in [0.5, 0.6) is 0 Å². The van der Waals surface area contributed by atoms with E-state index in [2.05, 4.69) is 22.3 Å². The summed E-state index contributed by atoms with van der Waals surface area (Å²) >= 11 is 0. The molecule has 0 aromatic carbocycles. The van der Waals surface area contributed by atoms with E-state index in [1.165, 1.54) is 0 Å². The van der Waals surface area contributed by atoms with Gasteiger partial charge in [-0.05, 0) is 53.9 Å². The molecular weight excluding hydrogens is 410 g/mol. The fourth-order valence-electron chi connectivity index (χ4n) is 4.13. The zero-order valence-corrected chi connectivity index (χ0v) is 19.9. The zero-order valence-electron chi connectivity index (χ0n) is 19.9. The summed E-state index contributed by atoms with van der Waals surface area (Å²) in [5, 5.41) is 14.8. The number of ether oxygens (including phenoxy) is 2. The third-order valence-electron chi connectivity index (χ3n) is 5.67. The Hall–Kier alpha value is -2.75. The summed E-state index contributed by atoms with van der Waals surface area (Å²) in [6, 6.07) is -0.253. The second-order valence-corrected chi connectivity index (χ2v) is 9.21. The van der Waals surface area contributed by atoms with Gasteiger partial charge in [0.1, 0.15) is 29.7 Å². The van der Waals surface area contributed by atoms with Gasteiger partial charge < -0.3 is 19.7 Å². The number of aryl methyl sites for hydroxylation is 1. The van der Waals surface area contributed by atoms with E-state index in [9.17, 15) is 4.79 Å². The Kier molecular flexibility index (Phi) is 7.33. The molecule has 2 N–H and O–H groups in total. The third kappa shape index (κ3) is 5.53. The number of amides is 1. The second kappa shape index (κ2) is 9.81. The molecule has 0 radical (unpaired) electrons. The maximum atomic E-state index is 12.0. The quantitative estimate of drug-likeness (QED) is 0.494. The van der Waals surface area contributed by atoms with Gasteiger partial charge in [0.2, 0.25) is 0 Å². The first-order chi connectivity index (χ1) is 15.1. The van der Waals surface area contributed by atoms with Crippen molar-refractivity contribution in [1.82, 2.24) is 20.0 Å². The molecule has 1 aliphatic carbocycles. The maximum absolute atomic E-state index is 12.0. The van der Waals surface area contributed by atoms with Crippen LogP contribution in [0.3, 0.4) is 0 Å². The Balaban J connectivity index is 1.61. The van der Waals surface area contributed by atoms with Crippen LogP contribution in [0.15, 0.2) is 16.2 Å². The molecule has 3 unspecified atom stereocenters. The van der Waals surface area contributed by atoms with Crippen LogP contribution < -0.4 is 5.32 Å². The number of nitrogens with zero attached hydrogens (tertiary/aromatic N) is 5. The first kappa shape index (κ1) is 23.9. The van der Waals surface area contributed by atoms with Crippen molar-refractivity contribution in [3.63, 3.8) is 0 Å². The van der Waals surface area contributed by atoms with Gasteiger partial charge in [-0.1, -0.05) is 0 Å². The molecule has 0 bridgehead atoms. The number of hydrogen-bond donors (Lipinski definition) is 2. The molecule has 3 rings (SSSR count). The largest absolute Gasteiger partial charge is 0.444 e. The summed E-state index contributed by atoms with van der Waals surface area (Å²) in [5.41, 5.74) is 1.48. The minimum atomic E-state index is -0.515. The van der Waals surface area contributed by atoms with E-state index < -0.39 is 11.7 Å². The van der Waals surface area contributed by atoms with Gasteiger partial charge in [0.15, 0.2) is 0 Å². The predicted molar refractivity (Wildman–Crippen MR) is 124 cm³/mol. The number of aromatic nitrogens is 2. The lowest BCUT2D eigenvalue weighted by atomic mass is 10.2. The highest BCUT2D eigenvalue weighted by molar-refractivity contribution is 6.16. The fourth-order valence-corrected chi connectivity index (χ4v) is 4.13. The van der Waals surface area contributed by atoms with Crippen LogP contribution in [0.4, 0.5) is 4.79 Å². The van der Waals surface area contributed by atoms with Crippen LogP contribution >= 0.6 is 0 Å². The van der Waals surface area contributed by atoms with E-state index in [-0.39, 0.29) is 18.2 Å². The SMILES string of the molecule is CCn1ncc(C2=NC(COC3CCC(NC(=O)OC(C)(C)C)C3)/C(=N\C=N)N2C)c1C. The van der Waals surface area contributed by atoms with Gasteiger partial charge >= 0.3 is 6.09 Å². The van der Waals surface area contributed by atoms with E-state index in [0.717, 1.165) is 49.2 Å². The Labute approximate surface area is 189 Å². The lowest BCUT2D eigenvalue weighted by Crippen LogP contribution is -2.38. The fraction of sp³-hybridized carbons (Fsp3) is 0.682. The van der Waals surface area contributed by atoms with Crippen molar-refractivity contribution < 1.29 is 14.3 Å². The average Bonchev–Trinajstić information content (AvgIpc) is 3.38. The Morgan fingerprint density at radius 1 is 1.41 bits per heavy atom. The number of carbonyl (C=O) groups is 1. The zero-order chi connectivity index (χ0) is 23.5. The topological polar surface area (TPSA) is 117 Å². The highest BCUT2D eigenvalue weighted by Gasteiger charge is 2.34. The number of nitrogens with one attached hydrogen (secondary N) is 2. The average molecular weight is 446 g/mol. The van der Waals surface area contributed by atoms with E-state index >= 15 is 0 Å². The van der Waals surface area contributed by atoms with Crippen molar-refractivity contribution in [2.24, 2.45) is 9.98 Å².